The van der Waals surface area contributed by atoms with Gasteiger partial charge in [0.05, 0.1) is 6.61 Å². The summed E-state index contributed by atoms with van der Waals surface area (Å²) in [7, 11) is 0. The summed E-state index contributed by atoms with van der Waals surface area (Å²) in [5, 5.41) is 3.43. The molecule has 1 aliphatic heterocycles. The Morgan fingerprint density at radius 1 is 1.22 bits per heavy atom. The maximum Gasteiger partial charge on any atom is 0.193 e. The minimum Gasteiger partial charge on any atom is -0.494 e. The number of hydrogen-bond acceptors (Lipinski definition) is 2. The number of piperidine rings is 1. The third kappa shape index (κ3) is 6.51. The number of likely N-dealkylation sites (tertiary alicyclic amines) is 1. The lowest BCUT2D eigenvalue weighted by Gasteiger charge is -2.33. The van der Waals surface area contributed by atoms with Crippen LogP contribution < -0.4 is 10.1 Å². The lowest BCUT2D eigenvalue weighted by atomic mass is 10.00. The monoisotopic (exact) mass is 317 g/mol. The van der Waals surface area contributed by atoms with Crippen molar-refractivity contribution < 1.29 is 4.74 Å². The maximum absolute atomic E-state index is 5.71. The van der Waals surface area contributed by atoms with Crippen molar-refractivity contribution in [2.75, 3.05) is 32.8 Å². The summed E-state index contributed by atoms with van der Waals surface area (Å²) in [5.74, 6) is 2.89. The van der Waals surface area contributed by atoms with E-state index in [1.165, 1.54) is 12.8 Å². The number of benzene rings is 1. The molecule has 0 saturated carbocycles. The van der Waals surface area contributed by atoms with Crippen molar-refractivity contribution in [3.63, 3.8) is 0 Å². The maximum atomic E-state index is 5.71. The lowest BCUT2D eigenvalue weighted by molar-refractivity contribution is 0.273. The van der Waals surface area contributed by atoms with Gasteiger partial charge in [-0.1, -0.05) is 25.1 Å². The number of aliphatic imine (C=N–C) groups is 1. The predicted molar refractivity (Wildman–Crippen MR) is 97.1 cm³/mol. The normalized spacial score (nSPS) is 16.4. The molecular formula is C19H31N3O. The molecule has 0 aliphatic carbocycles. The number of rotatable bonds is 7. The second-order valence-corrected chi connectivity index (χ2v) is 6.27. The Balaban J connectivity index is 1.67. The fourth-order valence-corrected chi connectivity index (χ4v) is 2.75. The van der Waals surface area contributed by atoms with Crippen LogP contribution in [-0.4, -0.2) is 43.6 Å². The van der Waals surface area contributed by atoms with Gasteiger partial charge in [0.2, 0.25) is 0 Å². The van der Waals surface area contributed by atoms with Gasteiger partial charge in [0.1, 0.15) is 5.75 Å². The molecule has 1 heterocycles. The largest absolute Gasteiger partial charge is 0.494 e. The van der Waals surface area contributed by atoms with Gasteiger partial charge in [0, 0.05) is 26.2 Å². The standard InChI is InChI=1S/C19H31N3O/c1-3-20-19(22-14-11-17(2)12-15-22)21-13-7-8-16-23-18-9-5-4-6-10-18/h4-6,9-10,17H,3,7-8,11-16H2,1-2H3,(H,20,21). The molecule has 23 heavy (non-hydrogen) atoms. The quantitative estimate of drug-likeness (QED) is 0.475. The second kappa shape index (κ2) is 10.1. The molecule has 0 unspecified atom stereocenters. The van der Waals surface area contributed by atoms with E-state index in [2.05, 4.69) is 24.1 Å². The van der Waals surface area contributed by atoms with E-state index in [-0.39, 0.29) is 0 Å². The minimum absolute atomic E-state index is 0.761. The van der Waals surface area contributed by atoms with Gasteiger partial charge in [-0.25, -0.2) is 0 Å². The molecule has 128 valence electrons. The molecule has 2 rings (SSSR count). The van der Waals surface area contributed by atoms with Crippen LogP contribution in [-0.2, 0) is 0 Å². The van der Waals surface area contributed by atoms with E-state index in [0.29, 0.717) is 0 Å². The second-order valence-electron chi connectivity index (χ2n) is 6.27. The van der Waals surface area contributed by atoms with E-state index in [0.717, 1.165) is 63.3 Å². The molecule has 1 fully saturated rings. The molecule has 1 aromatic rings. The van der Waals surface area contributed by atoms with Gasteiger partial charge in [0.25, 0.3) is 0 Å². The minimum atomic E-state index is 0.761. The fraction of sp³-hybridized carbons (Fsp3) is 0.632. The Kier molecular flexibility index (Phi) is 7.78. The first kappa shape index (κ1) is 17.6. The summed E-state index contributed by atoms with van der Waals surface area (Å²) in [6, 6.07) is 10.0. The van der Waals surface area contributed by atoms with E-state index >= 15 is 0 Å². The molecule has 0 amide bonds. The molecule has 0 atom stereocenters. The number of nitrogens with one attached hydrogen (secondary N) is 1. The Hall–Kier alpha value is -1.71. The number of para-hydroxylation sites is 1. The van der Waals surface area contributed by atoms with Crippen molar-refractivity contribution in [1.82, 2.24) is 10.2 Å². The van der Waals surface area contributed by atoms with Crippen LogP contribution in [0.5, 0.6) is 5.75 Å². The molecule has 0 bridgehead atoms. The lowest BCUT2D eigenvalue weighted by Crippen LogP contribution is -2.45. The van der Waals surface area contributed by atoms with Crippen molar-refractivity contribution in [3.8, 4) is 5.75 Å². The molecule has 1 aromatic carbocycles. The zero-order valence-corrected chi connectivity index (χ0v) is 14.6. The van der Waals surface area contributed by atoms with Crippen molar-refractivity contribution >= 4 is 5.96 Å². The van der Waals surface area contributed by atoms with Crippen LogP contribution in [0.25, 0.3) is 0 Å². The van der Waals surface area contributed by atoms with E-state index in [9.17, 15) is 0 Å². The summed E-state index contributed by atoms with van der Waals surface area (Å²) < 4.78 is 5.71. The Morgan fingerprint density at radius 3 is 2.65 bits per heavy atom. The average Bonchev–Trinajstić information content (AvgIpc) is 2.59. The Labute approximate surface area is 140 Å². The fourth-order valence-electron chi connectivity index (χ4n) is 2.75. The first-order valence-corrected chi connectivity index (χ1v) is 9.00. The number of ether oxygens (including phenoxy) is 1. The number of hydrogen-bond donors (Lipinski definition) is 1. The molecule has 1 N–H and O–H groups in total. The molecule has 4 nitrogen and oxygen atoms in total. The van der Waals surface area contributed by atoms with Gasteiger partial charge in [-0.15, -0.1) is 0 Å². The number of nitrogens with zero attached hydrogens (tertiary/aromatic N) is 2. The topological polar surface area (TPSA) is 36.9 Å². The Morgan fingerprint density at radius 2 is 1.96 bits per heavy atom. The smallest absolute Gasteiger partial charge is 0.193 e. The van der Waals surface area contributed by atoms with Gasteiger partial charge in [-0.05, 0) is 50.7 Å². The van der Waals surface area contributed by atoms with E-state index < -0.39 is 0 Å². The highest BCUT2D eigenvalue weighted by Gasteiger charge is 2.18. The zero-order valence-electron chi connectivity index (χ0n) is 14.6. The summed E-state index contributed by atoms with van der Waals surface area (Å²) in [6.45, 7) is 9.30. The van der Waals surface area contributed by atoms with Gasteiger partial charge < -0.3 is 15.0 Å². The molecule has 1 aliphatic rings. The molecule has 1 saturated heterocycles. The third-order valence-electron chi connectivity index (χ3n) is 4.24. The van der Waals surface area contributed by atoms with Crippen molar-refractivity contribution in [2.45, 2.75) is 39.5 Å². The van der Waals surface area contributed by atoms with Crippen LogP contribution in [0.3, 0.4) is 0 Å². The van der Waals surface area contributed by atoms with Crippen LogP contribution >= 0.6 is 0 Å². The van der Waals surface area contributed by atoms with Gasteiger partial charge in [0.15, 0.2) is 5.96 Å². The Bertz CT molecular complexity index is 453. The molecule has 0 aromatic heterocycles. The number of guanidine groups is 1. The van der Waals surface area contributed by atoms with E-state index in [4.69, 9.17) is 9.73 Å². The van der Waals surface area contributed by atoms with Crippen LogP contribution in [0.1, 0.15) is 39.5 Å². The van der Waals surface area contributed by atoms with E-state index in [1.54, 1.807) is 0 Å². The molecule has 0 spiro atoms. The third-order valence-corrected chi connectivity index (χ3v) is 4.24. The highest BCUT2D eigenvalue weighted by molar-refractivity contribution is 5.80. The van der Waals surface area contributed by atoms with Crippen molar-refractivity contribution in [1.29, 1.82) is 0 Å². The summed E-state index contributed by atoms with van der Waals surface area (Å²) in [6.07, 6.45) is 4.64. The summed E-state index contributed by atoms with van der Waals surface area (Å²) >= 11 is 0. The van der Waals surface area contributed by atoms with Crippen LogP contribution in [0.15, 0.2) is 35.3 Å². The summed E-state index contributed by atoms with van der Waals surface area (Å²) in [4.78, 5) is 7.19. The van der Waals surface area contributed by atoms with Crippen LogP contribution in [0.4, 0.5) is 0 Å². The van der Waals surface area contributed by atoms with E-state index in [1.807, 2.05) is 30.3 Å². The molecular weight excluding hydrogens is 286 g/mol. The highest BCUT2D eigenvalue weighted by atomic mass is 16.5. The van der Waals surface area contributed by atoms with Gasteiger partial charge in [-0.3, -0.25) is 4.99 Å². The molecule has 4 heteroatoms. The van der Waals surface area contributed by atoms with Gasteiger partial charge >= 0.3 is 0 Å². The first-order valence-electron chi connectivity index (χ1n) is 9.00. The van der Waals surface area contributed by atoms with Crippen LogP contribution in [0, 0.1) is 5.92 Å². The SMILES string of the molecule is CCNC(=NCCCCOc1ccccc1)N1CCC(C)CC1. The van der Waals surface area contributed by atoms with Crippen molar-refractivity contribution in [3.05, 3.63) is 30.3 Å². The molecule has 0 radical (unpaired) electrons. The average molecular weight is 317 g/mol. The number of unbranched alkanes of at least 4 members (excludes halogenated alkanes) is 1. The highest BCUT2D eigenvalue weighted by Crippen LogP contribution is 2.16. The van der Waals surface area contributed by atoms with Crippen molar-refractivity contribution in [2.24, 2.45) is 10.9 Å². The summed E-state index contributed by atoms with van der Waals surface area (Å²) in [5.41, 5.74) is 0. The predicted octanol–water partition coefficient (Wildman–Crippen LogP) is 3.54. The van der Waals surface area contributed by atoms with Crippen LogP contribution in [0.2, 0.25) is 0 Å². The zero-order chi connectivity index (χ0) is 16.3. The first-order chi connectivity index (χ1) is 11.3. The van der Waals surface area contributed by atoms with Gasteiger partial charge in [-0.2, -0.15) is 0 Å².